The van der Waals surface area contributed by atoms with E-state index >= 15 is 0 Å². The number of nitrogens with one attached hydrogen (secondary N) is 3. The van der Waals surface area contributed by atoms with E-state index in [0.717, 1.165) is 36.9 Å². The maximum Gasteiger partial charge on any atom is 0.416 e. The van der Waals surface area contributed by atoms with Crippen LogP contribution in [0.15, 0.2) is 42.6 Å². The number of pyridine rings is 1. The van der Waals surface area contributed by atoms with Crippen LogP contribution in [0.1, 0.15) is 59.3 Å². The van der Waals surface area contributed by atoms with E-state index in [0.29, 0.717) is 44.3 Å². The zero-order chi connectivity index (χ0) is 28.3. The molecule has 39 heavy (non-hydrogen) atoms. The molecule has 2 aromatic rings. The summed E-state index contributed by atoms with van der Waals surface area (Å²) in [5.41, 5.74) is -0.910. The van der Waals surface area contributed by atoms with Gasteiger partial charge in [0.2, 0.25) is 5.91 Å². The lowest BCUT2D eigenvalue weighted by Gasteiger charge is -2.44. The topological polar surface area (TPSA) is 107 Å². The standard InChI is InChI=1S/C28H36F3N5O3/c1-36(2)17-19-6-7-23(33-15-19)27(39)10-8-21(9-11-27)26(12-13-32-18-26)35-24(37)16-34-25(38)20-4-3-5-22(14-20)28(29,30)31/h3-7,14-15,21,32,39H,8-13,16-18H2,1-2H3,(H,34,38)(H,35,37)/t21?,26-,27?/m0/s1. The van der Waals surface area contributed by atoms with Crippen molar-refractivity contribution in [3.8, 4) is 0 Å². The minimum atomic E-state index is -4.56. The van der Waals surface area contributed by atoms with E-state index in [9.17, 15) is 27.9 Å². The molecule has 0 bridgehead atoms. The van der Waals surface area contributed by atoms with Crippen LogP contribution in [0.5, 0.6) is 0 Å². The van der Waals surface area contributed by atoms with Gasteiger partial charge in [0.05, 0.1) is 23.3 Å². The zero-order valence-electron chi connectivity index (χ0n) is 22.3. The monoisotopic (exact) mass is 547 g/mol. The molecule has 0 unspecified atom stereocenters. The Hall–Kier alpha value is -3.02. The molecule has 4 N–H and O–H groups in total. The molecule has 2 heterocycles. The van der Waals surface area contributed by atoms with Crippen LogP contribution in [0.3, 0.4) is 0 Å². The molecule has 1 saturated carbocycles. The van der Waals surface area contributed by atoms with Crippen molar-refractivity contribution in [2.45, 2.75) is 56.0 Å². The van der Waals surface area contributed by atoms with Crippen LogP contribution < -0.4 is 16.0 Å². The number of rotatable bonds is 8. The van der Waals surface area contributed by atoms with Crippen molar-refractivity contribution in [2.75, 3.05) is 33.7 Å². The SMILES string of the molecule is CN(C)Cc1ccc(C2(O)CCC([C@]3(NC(=O)CNC(=O)c4cccc(C(F)(F)F)c4)CCNC3)CC2)nc1. The molecule has 11 heteroatoms. The van der Waals surface area contributed by atoms with E-state index in [-0.39, 0.29) is 18.0 Å². The van der Waals surface area contributed by atoms with Crippen LogP contribution >= 0.6 is 0 Å². The van der Waals surface area contributed by atoms with Crippen molar-refractivity contribution in [3.05, 3.63) is 65.0 Å². The molecule has 1 aromatic carbocycles. The lowest BCUT2D eigenvalue weighted by atomic mass is 9.68. The van der Waals surface area contributed by atoms with E-state index in [4.69, 9.17) is 0 Å². The van der Waals surface area contributed by atoms with Crippen LogP contribution in [0, 0.1) is 5.92 Å². The van der Waals surface area contributed by atoms with Crippen molar-refractivity contribution < 1.29 is 27.9 Å². The molecular formula is C28H36F3N5O3. The Morgan fingerprint density at radius 3 is 2.49 bits per heavy atom. The lowest BCUT2D eigenvalue weighted by Crippen LogP contribution is -2.58. The molecule has 1 atom stereocenters. The summed E-state index contributed by atoms with van der Waals surface area (Å²) in [5.74, 6) is -1.04. The Balaban J connectivity index is 1.34. The number of carbonyl (C=O) groups is 2. The molecule has 1 aliphatic heterocycles. The first-order valence-corrected chi connectivity index (χ1v) is 13.2. The van der Waals surface area contributed by atoms with Gasteiger partial charge in [-0.1, -0.05) is 12.1 Å². The van der Waals surface area contributed by atoms with Gasteiger partial charge in [-0.05, 0) is 88.5 Å². The van der Waals surface area contributed by atoms with E-state index in [2.05, 4.69) is 25.8 Å². The summed E-state index contributed by atoms with van der Waals surface area (Å²) in [5, 5.41) is 20.2. The Morgan fingerprint density at radius 1 is 1.15 bits per heavy atom. The lowest BCUT2D eigenvalue weighted by molar-refractivity contribution is -0.137. The van der Waals surface area contributed by atoms with Crippen molar-refractivity contribution in [1.82, 2.24) is 25.8 Å². The highest BCUT2D eigenvalue weighted by Crippen LogP contribution is 2.44. The number of aliphatic hydroxyl groups is 1. The molecule has 1 saturated heterocycles. The van der Waals surface area contributed by atoms with Crippen molar-refractivity contribution >= 4 is 11.8 Å². The molecule has 212 valence electrons. The third kappa shape index (κ3) is 6.95. The Labute approximate surface area is 226 Å². The van der Waals surface area contributed by atoms with Gasteiger partial charge in [0.1, 0.15) is 5.60 Å². The molecule has 0 spiro atoms. The predicted molar refractivity (Wildman–Crippen MR) is 140 cm³/mol. The van der Waals surface area contributed by atoms with Gasteiger partial charge in [-0.15, -0.1) is 0 Å². The zero-order valence-corrected chi connectivity index (χ0v) is 22.3. The fraction of sp³-hybridized carbons (Fsp3) is 0.536. The van der Waals surface area contributed by atoms with Gasteiger partial charge < -0.3 is 26.0 Å². The van der Waals surface area contributed by atoms with Gasteiger partial charge in [-0.2, -0.15) is 13.2 Å². The number of benzene rings is 1. The molecule has 1 aromatic heterocycles. The molecule has 0 radical (unpaired) electrons. The van der Waals surface area contributed by atoms with Gasteiger partial charge in [0, 0.05) is 24.8 Å². The fourth-order valence-electron chi connectivity index (χ4n) is 5.75. The van der Waals surface area contributed by atoms with E-state index in [1.165, 1.54) is 6.07 Å². The van der Waals surface area contributed by atoms with Gasteiger partial charge in [0.25, 0.3) is 5.91 Å². The molecule has 2 fully saturated rings. The second kappa shape index (κ2) is 11.6. The highest BCUT2D eigenvalue weighted by Gasteiger charge is 2.47. The fourth-order valence-corrected chi connectivity index (χ4v) is 5.75. The number of nitrogens with zero attached hydrogens (tertiary/aromatic N) is 2. The summed E-state index contributed by atoms with van der Waals surface area (Å²) in [4.78, 5) is 31.9. The molecule has 2 amide bonds. The number of hydrogen-bond donors (Lipinski definition) is 4. The molecule has 1 aliphatic carbocycles. The summed E-state index contributed by atoms with van der Waals surface area (Å²) < 4.78 is 38.9. The van der Waals surface area contributed by atoms with E-state index < -0.39 is 34.7 Å². The second-order valence-corrected chi connectivity index (χ2v) is 11.0. The average molecular weight is 548 g/mol. The summed E-state index contributed by atoms with van der Waals surface area (Å²) >= 11 is 0. The number of aromatic nitrogens is 1. The van der Waals surface area contributed by atoms with Crippen LogP contribution in [0.2, 0.25) is 0 Å². The number of alkyl halides is 3. The van der Waals surface area contributed by atoms with E-state index in [1.54, 1.807) is 6.20 Å². The van der Waals surface area contributed by atoms with Gasteiger partial charge in [-0.3, -0.25) is 14.6 Å². The van der Waals surface area contributed by atoms with Crippen molar-refractivity contribution in [3.63, 3.8) is 0 Å². The summed E-state index contributed by atoms with van der Waals surface area (Å²) in [6, 6.07) is 7.97. The Kier molecular flexibility index (Phi) is 8.63. The summed E-state index contributed by atoms with van der Waals surface area (Å²) in [6.45, 7) is 1.72. The number of carbonyl (C=O) groups excluding carboxylic acids is 2. The predicted octanol–water partition coefficient (Wildman–Crippen LogP) is 2.82. The van der Waals surface area contributed by atoms with Crippen molar-refractivity contribution in [1.29, 1.82) is 0 Å². The number of amides is 2. The normalized spacial score (nSPS) is 25.5. The maximum atomic E-state index is 13.0. The van der Waals surface area contributed by atoms with Gasteiger partial charge in [-0.25, -0.2) is 0 Å². The Bertz CT molecular complexity index is 1160. The van der Waals surface area contributed by atoms with Crippen LogP contribution in [0.4, 0.5) is 13.2 Å². The largest absolute Gasteiger partial charge is 0.416 e. The summed E-state index contributed by atoms with van der Waals surface area (Å²) in [7, 11) is 3.97. The first kappa shape index (κ1) is 29.0. The molecule has 2 aliphatic rings. The molecule has 4 rings (SSSR count). The molecular weight excluding hydrogens is 511 g/mol. The average Bonchev–Trinajstić information content (AvgIpc) is 3.36. The van der Waals surface area contributed by atoms with Crippen LogP contribution in [-0.4, -0.2) is 66.1 Å². The minimum absolute atomic E-state index is 0.115. The second-order valence-electron chi connectivity index (χ2n) is 11.0. The Morgan fingerprint density at radius 2 is 1.90 bits per heavy atom. The third-order valence-electron chi connectivity index (χ3n) is 7.83. The molecule has 8 nitrogen and oxygen atoms in total. The highest BCUT2D eigenvalue weighted by molar-refractivity contribution is 5.96. The van der Waals surface area contributed by atoms with Crippen LogP contribution in [0.25, 0.3) is 0 Å². The van der Waals surface area contributed by atoms with Gasteiger partial charge in [0.15, 0.2) is 0 Å². The maximum absolute atomic E-state index is 13.0. The quantitative estimate of drug-likeness (QED) is 0.405. The highest BCUT2D eigenvalue weighted by atomic mass is 19.4. The number of halogens is 3. The van der Waals surface area contributed by atoms with E-state index in [1.807, 2.05) is 26.2 Å². The van der Waals surface area contributed by atoms with Crippen LogP contribution in [-0.2, 0) is 23.1 Å². The summed E-state index contributed by atoms with van der Waals surface area (Å²) in [6.07, 6.45) is 0.360. The van der Waals surface area contributed by atoms with Crippen molar-refractivity contribution in [2.24, 2.45) is 5.92 Å². The minimum Gasteiger partial charge on any atom is -0.384 e. The smallest absolute Gasteiger partial charge is 0.384 e. The first-order chi connectivity index (χ1) is 18.4. The number of hydrogen-bond acceptors (Lipinski definition) is 6. The first-order valence-electron chi connectivity index (χ1n) is 13.2. The van der Waals surface area contributed by atoms with Gasteiger partial charge >= 0.3 is 6.18 Å². The third-order valence-corrected chi connectivity index (χ3v) is 7.83.